The molecule has 256 valence electrons. The van der Waals surface area contributed by atoms with Crippen LogP contribution < -0.4 is 15.5 Å². The summed E-state index contributed by atoms with van der Waals surface area (Å²) in [5, 5.41) is 32.6. The normalized spacial score (nSPS) is 28.8. The Labute approximate surface area is 288 Å². The van der Waals surface area contributed by atoms with Gasteiger partial charge in [-0.1, -0.05) is 5.16 Å². The van der Waals surface area contributed by atoms with Crippen LogP contribution in [-0.2, 0) is 23.1 Å². The number of rotatable bonds is 3. The van der Waals surface area contributed by atoms with E-state index in [1.165, 1.54) is 16.2 Å². The number of nitrogens with two attached hydrogens (primary N) is 1. The van der Waals surface area contributed by atoms with Crippen molar-refractivity contribution in [2.45, 2.75) is 107 Å². The van der Waals surface area contributed by atoms with Crippen molar-refractivity contribution < 1.29 is 14.4 Å². The van der Waals surface area contributed by atoms with E-state index < -0.39 is 17.1 Å². The molecule has 9 rings (SSSR count). The Bertz CT molecular complexity index is 2070. The fourth-order valence-electron chi connectivity index (χ4n) is 9.73. The molecule has 2 saturated heterocycles. The Hall–Kier alpha value is -4.06. The summed E-state index contributed by atoms with van der Waals surface area (Å²) < 4.78 is 8.34. The van der Waals surface area contributed by atoms with Gasteiger partial charge in [-0.25, -0.2) is 14.6 Å². The lowest BCUT2D eigenvalue weighted by atomic mass is 9.63. The van der Waals surface area contributed by atoms with Gasteiger partial charge in [0.1, 0.15) is 28.3 Å². The Morgan fingerprint density at radius 2 is 1.92 bits per heavy atom. The molecule has 13 nitrogen and oxygen atoms in total. The Morgan fingerprint density at radius 1 is 1.12 bits per heavy atom. The first kappa shape index (κ1) is 31.0. The summed E-state index contributed by atoms with van der Waals surface area (Å²) in [6.07, 6.45) is 8.43. The smallest absolute Gasteiger partial charge is 0.250 e. The molecule has 5 aliphatic rings. The maximum atomic E-state index is 14.1. The zero-order chi connectivity index (χ0) is 34.0. The van der Waals surface area contributed by atoms with Crippen LogP contribution in [0.1, 0.15) is 98.6 Å². The fourth-order valence-corrected chi connectivity index (χ4v) is 10.9. The number of anilines is 3. The van der Waals surface area contributed by atoms with Gasteiger partial charge in [0.05, 0.1) is 22.6 Å². The zero-order valence-corrected chi connectivity index (χ0v) is 29.3. The number of aromatic nitrogens is 5. The summed E-state index contributed by atoms with van der Waals surface area (Å²) in [7, 11) is 3.94. The Kier molecular flexibility index (Phi) is 6.77. The largest absolute Gasteiger partial charge is 0.389 e. The number of aliphatic hydroxyl groups is 1. The maximum Gasteiger partial charge on any atom is 0.250 e. The van der Waals surface area contributed by atoms with Crippen molar-refractivity contribution in [1.82, 2.24) is 29.8 Å². The number of likely N-dealkylation sites (N-methyl/N-ethyl adjacent to an activating group) is 2. The van der Waals surface area contributed by atoms with Crippen LogP contribution in [0, 0.1) is 11.3 Å². The highest BCUT2D eigenvalue weighted by Gasteiger charge is 2.50. The number of hydrogen-bond donors (Lipinski definition) is 2. The molecular weight excluding hydrogens is 641 g/mol. The number of piperidine rings is 1. The molecule has 1 spiro atoms. The molecule has 7 heterocycles. The number of nitrogen functional groups attached to an aromatic ring is 1. The minimum atomic E-state index is -0.994. The first-order chi connectivity index (χ1) is 23.5. The molecule has 1 amide bonds. The van der Waals surface area contributed by atoms with Crippen molar-refractivity contribution in [1.29, 1.82) is 5.26 Å². The van der Waals surface area contributed by atoms with Crippen molar-refractivity contribution in [3.05, 3.63) is 27.3 Å². The molecule has 5 atom stereocenters. The topological polar surface area (TPSA) is 166 Å². The molecule has 0 bridgehead atoms. The SMILES string of the molecule is CC(C1CCCN1C)n1nc2c3c(nc(-c4noc5c4CCCC54CCCc5sc(N)c(C#N)c54)nc31)N1CC(C)(O)CCC1C(=O)N2C. The summed E-state index contributed by atoms with van der Waals surface area (Å²) in [5.74, 6) is 2.28. The number of fused-ring (bicyclic) bond motifs is 6. The van der Waals surface area contributed by atoms with E-state index in [4.69, 9.17) is 30.5 Å². The predicted molar refractivity (Wildman–Crippen MR) is 186 cm³/mol. The summed E-state index contributed by atoms with van der Waals surface area (Å²) in [5.41, 5.74) is 8.73. The van der Waals surface area contributed by atoms with Gasteiger partial charge < -0.3 is 25.2 Å². The molecule has 4 aromatic rings. The minimum Gasteiger partial charge on any atom is -0.389 e. The Morgan fingerprint density at radius 3 is 2.67 bits per heavy atom. The van der Waals surface area contributed by atoms with Gasteiger partial charge in [0.25, 0.3) is 5.91 Å². The number of likely N-dealkylation sites (tertiary alicyclic amines) is 1. The molecule has 5 unspecified atom stereocenters. The van der Waals surface area contributed by atoms with Gasteiger partial charge in [-0.05, 0) is 97.2 Å². The average Bonchev–Trinajstić information content (AvgIpc) is 3.86. The van der Waals surface area contributed by atoms with Crippen LogP contribution in [0.5, 0.6) is 0 Å². The maximum absolute atomic E-state index is 14.1. The predicted octanol–water partition coefficient (Wildman–Crippen LogP) is 4.31. The molecule has 2 fully saturated rings. The molecule has 3 N–H and O–H groups in total. The van der Waals surface area contributed by atoms with Crippen LogP contribution in [0.3, 0.4) is 0 Å². The number of nitriles is 1. The average molecular weight is 683 g/mol. The standard InChI is InChI=1S/C35H42N10O3S/c1-18(21-9-7-15-42(21)3)45-31-24-30(44-17-34(2,47)14-11-22(44)33(46)43(4)32(24)40-45)38-29(39-31)26-19-8-5-12-35(27(19)48-41-26)13-6-10-23-25(35)20(16-36)28(37)49-23/h18,21-22,47H,5-15,17,37H2,1-4H3. The van der Waals surface area contributed by atoms with E-state index in [2.05, 4.69) is 24.9 Å². The Balaban J connectivity index is 1.27. The summed E-state index contributed by atoms with van der Waals surface area (Å²) in [6.45, 7) is 5.28. The molecule has 0 radical (unpaired) electrons. The minimum absolute atomic E-state index is 0.0221. The lowest BCUT2D eigenvalue weighted by molar-refractivity contribution is -0.120. The van der Waals surface area contributed by atoms with Gasteiger partial charge in [0.2, 0.25) is 0 Å². The van der Waals surface area contributed by atoms with Gasteiger partial charge in [0.15, 0.2) is 28.7 Å². The highest BCUT2D eigenvalue weighted by molar-refractivity contribution is 7.16. The highest BCUT2D eigenvalue weighted by Crippen LogP contribution is 2.55. The van der Waals surface area contributed by atoms with Crippen molar-refractivity contribution in [3.63, 3.8) is 0 Å². The molecule has 14 heteroatoms. The molecule has 3 aliphatic heterocycles. The summed E-state index contributed by atoms with van der Waals surface area (Å²) in [4.78, 5) is 31.7. The third-order valence-electron chi connectivity index (χ3n) is 12.2. The number of amides is 1. The molecule has 0 saturated carbocycles. The van der Waals surface area contributed by atoms with Gasteiger partial charge in [-0.3, -0.25) is 9.69 Å². The number of hydrogen-bond acceptors (Lipinski definition) is 12. The molecule has 4 aromatic heterocycles. The molecule has 0 aromatic carbocycles. The van der Waals surface area contributed by atoms with Crippen molar-refractivity contribution in [3.8, 4) is 17.6 Å². The lowest BCUT2D eigenvalue weighted by Crippen LogP contribution is -2.56. The number of carbonyl (C=O) groups is 1. The van der Waals surface area contributed by atoms with Crippen LogP contribution >= 0.6 is 11.3 Å². The van der Waals surface area contributed by atoms with Crippen molar-refractivity contribution >= 4 is 44.9 Å². The number of thiophene rings is 1. The van der Waals surface area contributed by atoms with Crippen molar-refractivity contribution in [2.75, 3.05) is 42.7 Å². The number of aryl methyl sites for hydroxylation is 1. The third-order valence-corrected chi connectivity index (χ3v) is 13.2. The zero-order valence-electron chi connectivity index (χ0n) is 28.5. The summed E-state index contributed by atoms with van der Waals surface area (Å²) >= 11 is 1.53. The van der Waals surface area contributed by atoms with E-state index in [-0.39, 0.29) is 24.5 Å². The van der Waals surface area contributed by atoms with Crippen LogP contribution in [0.2, 0.25) is 0 Å². The second kappa shape index (κ2) is 10.7. The monoisotopic (exact) mass is 682 g/mol. The van der Waals surface area contributed by atoms with Crippen LogP contribution in [0.15, 0.2) is 4.52 Å². The van der Waals surface area contributed by atoms with Gasteiger partial charge in [-0.15, -0.1) is 11.3 Å². The van der Waals surface area contributed by atoms with Gasteiger partial charge in [-0.2, -0.15) is 10.4 Å². The van der Waals surface area contributed by atoms with Crippen molar-refractivity contribution in [2.24, 2.45) is 0 Å². The molecule has 2 aliphatic carbocycles. The van der Waals surface area contributed by atoms with Gasteiger partial charge >= 0.3 is 0 Å². The first-order valence-corrected chi connectivity index (χ1v) is 18.4. The highest BCUT2D eigenvalue weighted by atomic mass is 32.1. The van der Waals surface area contributed by atoms with Crippen LogP contribution in [-0.4, -0.2) is 85.7 Å². The van der Waals surface area contributed by atoms with E-state index in [0.717, 1.165) is 74.8 Å². The quantitative estimate of drug-likeness (QED) is 0.316. The molecular formula is C35H42N10O3S. The second-order valence-corrected chi connectivity index (χ2v) is 16.4. The first-order valence-electron chi connectivity index (χ1n) is 17.6. The van der Waals surface area contributed by atoms with E-state index in [9.17, 15) is 15.2 Å². The van der Waals surface area contributed by atoms with Crippen LogP contribution in [0.25, 0.3) is 22.6 Å². The lowest BCUT2D eigenvalue weighted by Gasteiger charge is -2.42. The number of carbonyl (C=O) groups excluding carboxylic acids is 1. The summed E-state index contributed by atoms with van der Waals surface area (Å²) in [6, 6.07) is 2.16. The third kappa shape index (κ3) is 4.31. The molecule has 49 heavy (non-hydrogen) atoms. The van der Waals surface area contributed by atoms with E-state index in [0.29, 0.717) is 57.6 Å². The van der Waals surface area contributed by atoms with E-state index >= 15 is 0 Å². The van der Waals surface area contributed by atoms with E-state index in [1.54, 1.807) is 11.9 Å². The second-order valence-electron chi connectivity index (χ2n) is 15.2. The van der Waals surface area contributed by atoms with E-state index in [1.807, 2.05) is 16.5 Å². The fraction of sp³-hybridized carbons (Fsp3) is 0.600. The van der Waals surface area contributed by atoms with Gasteiger partial charge in [0, 0.05) is 30.1 Å². The number of nitrogens with zero attached hydrogens (tertiary/aromatic N) is 9. The van der Waals surface area contributed by atoms with Crippen LogP contribution in [0.4, 0.5) is 16.6 Å².